The molecule has 7 nitrogen and oxygen atoms in total. The molecule has 1 saturated heterocycles. The third-order valence-corrected chi connectivity index (χ3v) is 8.09. The van der Waals surface area contributed by atoms with Crippen molar-refractivity contribution in [3.05, 3.63) is 77.7 Å². The summed E-state index contributed by atoms with van der Waals surface area (Å²) in [4.78, 5) is 13.8. The van der Waals surface area contributed by atoms with E-state index in [9.17, 15) is 8.60 Å². The highest BCUT2D eigenvalue weighted by molar-refractivity contribution is 8.00. The molecule has 39 heavy (non-hydrogen) atoms. The summed E-state index contributed by atoms with van der Waals surface area (Å²) in [6.45, 7) is 4.56. The highest BCUT2D eigenvalue weighted by atomic mass is 32.2. The monoisotopic (exact) mass is 550 g/mol. The maximum absolute atomic E-state index is 15.1. The number of pyridine rings is 1. The van der Waals surface area contributed by atoms with Crippen LogP contribution in [0.3, 0.4) is 0 Å². The third-order valence-electron chi connectivity index (χ3n) is 6.70. The van der Waals surface area contributed by atoms with Gasteiger partial charge in [-0.3, -0.25) is 0 Å². The normalized spacial score (nSPS) is 20.9. The molecule has 0 saturated carbocycles. The van der Waals surface area contributed by atoms with Gasteiger partial charge in [-0.2, -0.15) is 0 Å². The number of rotatable bonds is 8. The summed E-state index contributed by atoms with van der Waals surface area (Å²) in [5, 5.41) is 6.34. The molecule has 1 aliphatic heterocycles. The lowest BCUT2D eigenvalue weighted by Crippen LogP contribution is -2.50. The van der Waals surface area contributed by atoms with Crippen molar-refractivity contribution in [1.82, 2.24) is 20.3 Å². The number of anilines is 2. The number of aryl methyl sites for hydroxylation is 1. The predicted octanol–water partition coefficient (Wildman–Crippen LogP) is 5.14. The van der Waals surface area contributed by atoms with Crippen molar-refractivity contribution in [2.45, 2.75) is 44.2 Å². The number of nitrogens with one attached hydrogen (secondary N) is 3. The Morgan fingerprint density at radius 2 is 1.97 bits per heavy atom. The molecule has 0 radical (unpaired) electrons. The Morgan fingerprint density at radius 3 is 2.69 bits per heavy atom. The topological polar surface area (TPSA) is 91.8 Å². The summed E-state index contributed by atoms with van der Waals surface area (Å²) < 4.78 is 45.3. The molecule has 1 unspecified atom stereocenters. The number of aromatic nitrogens is 3. The molecule has 0 bridgehead atoms. The summed E-state index contributed by atoms with van der Waals surface area (Å²) in [5.41, 5.74) is 3.05. The second kappa shape index (κ2) is 10.9. The van der Waals surface area contributed by atoms with E-state index in [2.05, 4.69) is 36.2 Å². The van der Waals surface area contributed by atoms with Crippen molar-refractivity contribution in [3.63, 3.8) is 0 Å². The molecule has 1 fully saturated rings. The van der Waals surface area contributed by atoms with Gasteiger partial charge < -0.3 is 15.4 Å². The van der Waals surface area contributed by atoms with Gasteiger partial charge in [-0.1, -0.05) is 43.3 Å². The van der Waals surface area contributed by atoms with Gasteiger partial charge in [-0.25, -0.2) is 27.9 Å². The molecule has 3 atom stereocenters. The molecular formula is C29H32F2N6OS. The number of halogens is 2. The number of alkyl halides is 1. The summed E-state index contributed by atoms with van der Waals surface area (Å²) in [7, 11) is -2.80. The number of piperidine rings is 1. The lowest BCUT2D eigenvalue weighted by atomic mass is 9.95. The second-order valence-electron chi connectivity index (χ2n) is 10.3. The quantitative estimate of drug-likeness (QED) is 0.263. The van der Waals surface area contributed by atoms with E-state index >= 15 is 4.39 Å². The van der Waals surface area contributed by atoms with Crippen LogP contribution in [-0.2, 0) is 21.9 Å². The number of hydrogen-bond acceptors (Lipinski definition) is 6. The molecule has 2 aromatic heterocycles. The van der Waals surface area contributed by atoms with Gasteiger partial charge in [-0.05, 0) is 48.5 Å². The fraction of sp³-hybridized carbons (Fsp3) is 0.310. The van der Waals surface area contributed by atoms with Crippen LogP contribution in [-0.4, -0.2) is 49.8 Å². The Morgan fingerprint density at radius 1 is 1.18 bits per heavy atom. The minimum atomic E-state index is -2.80. The molecule has 4 aromatic rings. The summed E-state index contributed by atoms with van der Waals surface area (Å²) in [6.07, 6.45) is 2.68. The first-order valence-electron chi connectivity index (χ1n) is 12.9. The zero-order valence-electron chi connectivity index (χ0n) is 22.0. The van der Waals surface area contributed by atoms with E-state index in [1.807, 2.05) is 43.3 Å². The van der Waals surface area contributed by atoms with Crippen LogP contribution in [0.25, 0.3) is 22.3 Å². The summed E-state index contributed by atoms with van der Waals surface area (Å²) in [5.74, 6) is 3.84. The van der Waals surface area contributed by atoms with Crippen molar-refractivity contribution < 1.29 is 13.0 Å². The predicted molar refractivity (Wildman–Crippen MR) is 156 cm³/mol. The highest BCUT2D eigenvalue weighted by Crippen LogP contribution is 2.28. The average Bonchev–Trinajstić information content (AvgIpc) is 2.89. The lowest BCUT2D eigenvalue weighted by Gasteiger charge is -2.33. The Kier molecular flexibility index (Phi) is 7.51. The maximum Gasteiger partial charge on any atom is 0.223 e. The van der Waals surface area contributed by atoms with Crippen LogP contribution in [0.15, 0.2) is 60.8 Å². The van der Waals surface area contributed by atoms with E-state index in [-0.39, 0.29) is 17.5 Å². The minimum absolute atomic E-state index is 0.117. The number of fused-ring (bicyclic) bond motifs is 1. The molecular weight excluding hydrogens is 518 g/mol. The Hall–Kier alpha value is -3.63. The van der Waals surface area contributed by atoms with E-state index in [4.69, 9.17) is 0 Å². The molecule has 10 heteroatoms. The van der Waals surface area contributed by atoms with Crippen LogP contribution >= 0.6 is 0 Å². The number of nitrogens with zero attached hydrogens (tertiary/aromatic N) is 3. The highest BCUT2D eigenvalue weighted by Gasteiger charge is 2.32. The Balaban J connectivity index is 1.37. The third kappa shape index (κ3) is 6.51. The first-order chi connectivity index (χ1) is 18.6. The van der Waals surface area contributed by atoms with Gasteiger partial charge >= 0.3 is 0 Å². The summed E-state index contributed by atoms with van der Waals surface area (Å²) >= 11 is 0. The fourth-order valence-electron chi connectivity index (χ4n) is 4.86. The molecule has 0 amide bonds. The van der Waals surface area contributed by atoms with Gasteiger partial charge in [0.25, 0.3) is 0 Å². The molecule has 2 aromatic carbocycles. The second-order valence-corrected chi connectivity index (χ2v) is 12.4. The maximum atomic E-state index is 15.1. The van der Waals surface area contributed by atoms with Gasteiger partial charge in [0.15, 0.2) is 0 Å². The van der Waals surface area contributed by atoms with Crippen molar-refractivity contribution in [3.8, 4) is 11.3 Å². The van der Waals surface area contributed by atoms with Crippen LogP contribution in [0.5, 0.6) is 0 Å². The van der Waals surface area contributed by atoms with Gasteiger partial charge in [0, 0.05) is 40.8 Å². The fourth-order valence-corrected chi connectivity index (χ4v) is 6.23. The van der Waals surface area contributed by atoms with Crippen molar-refractivity contribution in [1.29, 1.82) is 0 Å². The molecule has 0 aliphatic carbocycles. The van der Waals surface area contributed by atoms with Gasteiger partial charge in [0.1, 0.15) is 17.0 Å². The van der Waals surface area contributed by atoms with Gasteiger partial charge in [-0.15, -0.1) is 0 Å². The molecule has 204 valence electrons. The first-order valence-corrected chi connectivity index (χ1v) is 14.8. The van der Waals surface area contributed by atoms with Gasteiger partial charge in [0.2, 0.25) is 5.95 Å². The Labute approximate surface area is 227 Å². The van der Waals surface area contributed by atoms with Crippen LogP contribution in [0.1, 0.15) is 31.4 Å². The van der Waals surface area contributed by atoms with E-state index in [0.29, 0.717) is 54.2 Å². The SMILES string of the molecule is C=S(=O)(Cc1ccccc1)Nc1ccc(-c2cc(CC)c3nc(N[C@@H]4CNC[C@@](C)(F)C4)ncc3n2)cc1F. The lowest BCUT2D eigenvalue weighted by molar-refractivity contribution is 0.137. The van der Waals surface area contributed by atoms with Crippen molar-refractivity contribution in [2.24, 2.45) is 0 Å². The average molecular weight is 551 g/mol. The Bertz CT molecular complexity index is 1590. The number of benzene rings is 2. The van der Waals surface area contributed by atoms with Crippen LogP contribution in [0.2, 0.25) is 0 Å². The molecule has 5 rings (SSSR count). The van der Waals surface area contributed by atoms with Crippen molar-refractivity contribution in [2.75, 3.05) is 23.1 Å². The van der Waals surface area contributed by atoms with Crippen LogP contribution < -0.4 is 15.4 Å². The molecule has 0 spiro atoms. The van der Waals surface area contributed by atoms with E-state index in [1.54, 1.807) is 25.3 Å². The van der Waals surface area contributed by atoms with Crippen LogP contribution in [0.4, 0.5) is 20.4 Å². The van der Waals surface area contributed by atoms with Crippen LogP contribution in [0, 0.1) is 5.82 Å². The molecule has 3 heterocycles. The first kappa shape index (κ1) is 27.0. The molecule has 3 N–H and O–H groups in total. The number of hydrogen-bond donors (Lipinski definition) is 3. The minimum Gasteiger partial charge on any atom is -0.350 e. The zero-order valence-corrected chi connectivity index (χ0v) is 22.8. The van der Waals surface area contributed by atoms with Gasteiger partial charge in [0.05, 0.1) is 28.8 Å². The summed E-state index contributed by atoms with van der Waals surface area (Å²) in [6, 6.07) is 15.7. The van der Waals surface area contributed by atoms with E-state index in [0.717, 1.165) is 11.1 Å². The van der Waals surface area contributed by atoms with Crippen molar-refractivity contribution >= 4 is 38.2 Å². The largest absolute Gasteiger partial charge is 0.350 e. The smallest absolute Gasteiger partial charge is 0.223 e. The van der Waals surface area contributed by atoms with E-state index < -0.39 is 21.2 Å². The molecule has 1 aliphatic rings. The standard InChI is InChI=1S/C29H32F2N6OS/c1-4-20-13-25(35-26-16-33-28(36-27(20)26)34-22-14-29(2,31)18-32-15-22)21-10-11-24(23(30)12-21)37-39(3,38)17-19-8-6-5-7-9-19/h5-13,16,22,32H,3-4,14-15,17-18H2,1-2H3,(H,37,38)(H,33,34,36)/t22-,29-,39?/m0/s1. The zero-order chi connectivity index (χ0) is 27.6. The van der Waals surface area contributed by atoms with E-state index in [1.165, 1.54) is 6.07 Å².